The first-order valence-corrected chi connectivity index (χ1v) is 7.07. The van der Waals surface area contributed by atoms with E-state index in [1.807, 2.05) is 31.3 Å². The van der Waals surface area contributed by atoms with Crippen LogP contribution in [-0.4, -0.2) is 20.9 Å². The Morgan fingerprint density at radius 3 is 2.50 bits per heavy atom. The monoisotopic (exact) mass is 312 g/mol. The second-order valence-electron chi connectivity index (χ2n) is 4.99. The lowest BCUT2D eigenvalue weighted by Crippen LogP contribution is -1.95. The highest BCUT2D eigenvalue weighted by atomic mass is 35.5. The van der Waals surface area contributed by atoms with Gasteiger partial charge in [-0.3, -0.25) is 0 Å². The van der Waals surface area contributed by atoms with Gasteiger partial charge in [0, 0.05) is 16.8 Å². The molecule has 1 aromatic heterocycles. The Balaban J connectivity index is 1.93. The number of aromatic carboxylic acids is 1. The lowest BCUT2D eigenvalue weighted by molar-refractivity contribution is 0.0697. The van der Waals surface area contributed by atoms with Gasteiger partial charge in [0.15, 0.2) is 0 Å². The molecule has 0 aliphatic carbocycles. The maximum Gasteiger partial charge on any atom is 0.335 e. The number of carboxylic acids is 1. The van der Waals surface area contributed by atoms with Gasteiger partial charge >= 0.3 is 5.97 Å². The molecule has 0 atom stereocenters. The van der Waals surface area contributed by atoms with Gasteiger partial charge in [0.05, 0.1) is 17.4 Å². The molecule has 5 heteroatoms. The third kappa shape index (κ3) is 2.73. The summed E-state index contributed by atoms with van der Waals surface area (Å²) in [5.74, 6) is -0.934. The van der Waals surface area contributed by atoms with E-state index in [1.54, 1.807) is 35.1 Å². The summed E-state index contributed by atoms with van der Waals surface area (Å²) < 4.78 is 1.74. The third-order valence-electron chi connectivity index (χ3n) is 3.47. The van der Waals surface area contributed by atoms with Crippen molar-refractivity contribution in [3.8, 4) is 16.8 Å². The molecule has 0 aliphatic rings. The quantitative estimate of drug-likeness (QED) is 0.788. The van der Waals surface area contributed by atoms with Crippen molar-refractivity contribution in [2.24, 2.45) is 0 Å². The van der Waals surface area contributed by atoms with Crippen LogP contribution in [0.25, 0.3) is 16.8 Å². The lowest BCUT2D eigenvalue weighted by atomic mass is 10.1. The molecule has 0 aliphatic heterocycles. The maximum atomic E-state index is 10.9. The zero-order chi connectivity index (χ0) is 15.7. The number of benzene rings is 2. The van der Waals surface area contributed by atoms with Crippen molar-refractivity contribution < 1.29 is 9.90 Å². The highest BCUT2D eigenvalue weighted by Crippen LogP contribution is 2.23. The molecule has 0 bridgehead atoms. The second-order valence-corrected chi connectivity index (χ2v) is 5.40. The molecule has 0 saturated carbocycles. The predicted molar refractivity (Wildman–Crippen MR) is 85.7 cm³/mol. The van der Waals surface area contributed by atoms with Gasteiger partial charge in [-0.2, -0.15) is 5.10 Å². The zero-order valence-electron chi connectivity index (χ0n) is 11.8. The first kappa shape index (κ1) is 14.4. The Kier molecular flexibility index (Phi) is 3.69. The fraction of sp³-hybridized carbons (Fsp3) is 0.0588. The molecule has 0 spiro atoms. The van der Waals surface area contributed by atoms with Gasteiger partial charge < -0.3 is 5.11 Å². The number of aryl methyl sites for hydroxylation is 1. The fourth-order valence-corrected chi connectivity index (χ4v) is 2.32. The highest BCUT2D eigenvalue weighted by Gasteiger charge is 2.07. The summed E-state index contributed by atoms with van der Waals surface area (Å²) in [6.45, 7) is 1.95. The van der Waals surface area contributed by atoms with Crippen LogP contribution in [0.3, 0.4) is 0 Å². The molecule has 3 aromatic rings. The summed E-state index contributed by atoms with van der Waals surface area (Å²) in [5, 5.41) is 13.9. The molecule has 110 valence electrons. The third-order valence-corrected chi connectivity index (χ3v) is 3.87. The van der Waals surface area contributed by atoms with Crippen molar-refractivity contribution in [1.29, 1.82) is 0 Å². The van der Waals surface area contributed by atoms with Crippen LogP contribution in [0.4, 0.5) is 0 Å². The van der Waals surface area contributed by atoms with Crippen LogP contribution in [0.5, 0.6) is 0 Å². The van der Waals surface area contributed by atoms with Crippen molar-refractivity contribution >= 4 is 17.6 Å². The minimum atomic E-state index is -0.934. The van der Waals surface area contributed by atoms with Gasteiger partial charge in [0.2, 0.25) is 0 Å². The van der Waals surface area contributed by atoms with Gasteiger partial charge in [-0.15, -0.1) is 0 Å². The number of halogens is 1. The number of rotatable bonds is 3. The molecular formula is C17H13ClN2O2. The zero-order valence-corrected chi connectivity index (χ0v) is 12.6. The summed E-state index contributed by atoms with van der Waals surface area (Å²) in [6, 6.07) is 12.5. The van der Waals surface area contributed by atoms with E-state index >= 15 is 0 Å². The molecule has 0 saturated heterocycles. The molecule has 3 rings (SSSR count). The second kappa shape index (κ2) is 5.66. The van der Waals surface area contributed by atoms with E-state index in [0.717, 1.165) is 22.4 Å². The molecule has 0 unspecified atom stereocenters. The SMILES string of the molecule is Cc1ccc(-n2cc(-c3ccc(C(=O)O)cc3)cn2)cc1Cl. The van der Waals surface area contributed by atoms with Crippen LogP contribution in [0, 0.1) is 6.92 Å². The molecule has 4 nitrogen and oxygen atoms in total. The standard InChI is InChI=1S/C17H13ClN2O2/c1-11-2-7-15(8-16(11)18)20-10-14(9-19-20)12-3-5-13(6-4-12)17(21)22/h2-10H,1H3,(H,21,22). The number of hydrogen-bond acceptors (Lipinski definition) is 2. The Bertz CT molecular complexity index is 838. The van der Waals surface area contributed by atoms with E-state index in [2.05, 4.69) is 5.10 Å². The van der Waals surface area contributed by atoms with Crippen LogP contribution >= 0.6 is 11.6 Å². The molecule has 2 aromatic carbocycles. The lowest BCUT2D eigenvalue weighted by Gasteiger charge is -2.03. The van der Waals surface area contributed by atoms with Gasteiger partial charge in [0.1, 0.15) is 0 Å². The normalized spacial score (nSPS) is 10.6. The summed E-state index contributed by atoms with van der Waals surface area (Å²) in [6.07, 6.45) is 3.63. The van der Waals surface area contributed by atoms with Crippen LogP contribution in [0.15, 0.2) is 54.9 Å². The highest BCUT2D eigenvalue weighted by molar-refractivity contribution is 6.31. The van der Waals surface area contributed by atoms with Crippen molar-refractivity contribution in [2.45, 2.75) is 6.92 Å². The summed E-state index contributed by atoms with van der Waals surface area (Å²) in [5.41, 5.74) is 3.98. The smallest absolute Gasteiger partial charge is 0.335 e. The molecule has 1 heterocycles. The van der Waals surface area contributed by atoms with Crippen molar-refractivity contribution in [1.82, 2.24) is 9.78 Å². The first-order chi connectivity index (χ1) is 10.5. The molecule has 0 radical (unpaired) electrons. The average Bonchev–Trinajstić information content (AvgIpc) is 3.00. The van der Waals surface area contributed by atoms with Crippen LogP contribution in [0.2, 0.25) is 5.02 Å². The largest absolute Gasteiger partial charge is 0.478 e. The minimum Gasteiger partial charge on any atom is -0.478 e. The Morgan fingerprint density at radius 2 is 1.86 bits per heavy atom. The minimum absolute atomic E-state index is 0.265. The van der Waals surface area contributed by atoms with Crippen molar-refractivity contribution in [2.75, 3.05) is 0 Å². The van der Waals surface area contributed by atoms with Crippen LogP contribution < -0.4 is 0 Å². The fourth-order valence-electron chi connectivity index (χ4n) is 2.14. The molecule has 1 N–H and O–H groups in total. The Morgan fingerprint density at radius 1 is 1.14 bits per heavy atom. The molecule has 0 amide bonds. The molecule has 22 heavy (non-hydrogen) atoms. The molecule has 0 fully saturated rings. The van der Waals surface area contributed by atoms with E-state index in [-0.39, 0.29) is 5.56 Å². The van der Waals surface area contributed by atoms with E-state index in [4.69, 9.17) is 16.7 Å². The Labute approximate surface area is 132 Å². The topological polar surface area (TPSA) is 55.1 Å². The van der Waals surface area contributed by atoms with E-state index in [9.17, 15) is 4.79 Å². The summed E-state index contributed by atoms with van der Waals surface area (Å²) in [7, 11) is 0. The average molecular weight is 313 g/mol. The maximum absolute atomic E-state index is 10.9. The number of carboxylic acid groups (broad SMARTS) is 1. The van der Waals surface area contributed by atoms with Crippen LogP contribution in [0.1, 0.15) is 15.9 Å². The van der Waals surface area contributed by atoms with Gasteiger partial charge in [-0.05, 0) is 42.3 Å². The summed E-state index contributed by atoms with van der Waals surface area (Å²) >= 11 is 6.14. The first-order valence-electron chi connectivity index (χ1n) is 6.69. The van der Waals surface area contributed by atoms with Gasteiger partial charge in [0.25, 0.3) is 0 Å². The number of nitrogens with zero attached hydrogens (tertiary/aromatic N) is 2. The molecular weight excluding hydrogens is 300 g/mol. The van der Waals surface area contributed by atoms with Crippen LogP contribution in [-0.2, 0) is 0 Å². The number of aromatic nitrogens is 2. The van der Waals surface area contributed by atoms with Gasteiger partial charge in [-0.25, -0.2) is 9.48 Å². The van der Waals surface area contributed by atoms with E-state index in [1.165, 1.54) is 0 Å². The summed E-state index contributed by atoms with van der Waals surface area (Å²) in [4.78, 5) is 10.9. The van der Waals surface area contributed by atoms with Crippen molar-refractivity contribution in [3.05, 3.63) is 71.0 Å². The predicted octanol–water partition coefficient (Wildman–Crippen LogP) is 4.20. The van der Waals surface area contributed by atoms with Gasteiger partial charge in [-0.1, -0.05) is 29.8 Å². The number of hydrogen-bond donors (Lipinski definition) is 1. The van der Waals surface area contributed by atoms with E-state index < -0.39 is 5.97 Å². The Hall–Kier alpha value is -2.59. The number of carbonyl (C=O) groups is 1. The van der Waals surface area contributed by atoms with Crippen molar-refractivity contribution in [3.63, 3.8) is 0 Å². The van der Waals surface area contributed by atoms with E-state index in [0.29, 0.717) is 5.02 Å².